The van der Waals surface area contributed by atoms with Crippen LogP contribution in [0.2, 0.25) is 0 Å². The molecule has 0 radical (unpaired) electrons. The van der Waals surface area contributed by atoms with E-state index in [1.165, 1.54) is 6.07 Å². The number of carboxylic acids is 1. The Morgan fingerprint density at radius 2 is 2.06 bits per heavy atom. The topological polar surface area (TPSA) is 69.6 Å². The number of aliphatic carboxylic acids is 1. The molecule has 1 unspecified atom stereocenters. The number of rotatable bonds is 5. The molecule has 1 rings (SSSR count). The first-order valence-corrected chi connectivity index (χ1v) is 4.93. The fraction of sp³-hybridized carbons (Fsp3) is 0.364. The molecule has 0 amide bonds. The Labute approximate surface area is 96.9 Å². The van der Waals surface area contributed by atoms with E-state index in [2.05, 4.69) is 5.32 Å². The monoisotopic (exact) mass is 245 g/mol. The molecule has 0 saturated carbocycles. The van der Waals surface area contributed by atoms with Gasteiger partial charge in [-0.2, -0.15) is 0 Å². The summed E-state index contributed by atoms with van der Waals surface area (Å²) in [5, 5.41) is 20.6. The van der Waals surface area contributed by atoms with Crippen molar-refractivity contribution < 1.29 is 23.8 Å². The van der Waals surface area contributed by atoms with Crippen LogP contribution >= 0.6 is 0 Å². The number of carbonyl (C=O) groups is 1. The Bertz CT molecular complexity index is 421. The summed E-state index contributed by atoms with van der Waals surface area (Å²) in [4.78, 5) is 10.6. The minimum absolute atomic E-state index is 0.140. The lowest BCUT2D eigenvalue weighted by Gasteiger charge is -2.18. The summed E-state index contributed by atoms with van der Waals surface area (Å²) in [6, 6.07) is 3.38. The van der Waals surface area contributed by atoms with E-state index in [9.17, 15) is 18.7 Å². The number of carboxylic acid groups (broad SMARTS) is 1. The standard InChI is InChI=1S/C11H13F2NO3/c1-11(17,10(15)16)6-14-5-7-2-3-8(12)9(13)4-7/h2-4,14,17H,5-6H2,1H3,(H,15,16). The fourth-order valence-electron chi connectivity index (χ4n) is 1.18. The summed E-state index contributed by atoms with van der Waals surface area (Å²) < 4.78 is 25.4. The highest BCUT2D eigenvalue weighted by atomic mass is 19.2. The number of benzene rings is 1. The van der Waals surface area contributed by atoms with E-state index in [1.54, 1.807) is 0 Å². The van der Waals surface area contributed by atoms with Crippen molar-refractivity contribution in [1.82, 2.24) is 5.32 Å². The third kappa shape index (κ3) is 3.76. The molecule has 3 N–H and O–H groups in total. The fourth-order valence-corrected chi connectivity index (χ4v) is 1.18. The molecule has 1 atom stereocenters. The van der Waals surface area contributed by atoms with Crippen molar-refractivity contribution in [3.63, 3.8) is 0 Å². The predicted molar refractivity (Wildman–Crippen MR) is 56.3 cm³/mol. The van der Waals surface area contributed by atoms with E-state index in [-0.39, 0.29) is 13.1 Å². The van der Waals surface area contributed by atoms with Gasteiger partial charge in [-0.15, -0.1) is 0 Å². The normalized spacial score (nSPS) is 14.4. The largest absolute Gasteiger partial charge is 0.479 e. The molecule has 94 valence electrons. The van der Waals surface area contributed by atoms with Gasteiger partial charge in [0, 0.05) is 13.1 Å². The first kappa shape index (κ1) is 13.5. The Morgan fingerprint density at radius 1 is 1.41 bits per heavy atom. The Kier molecular flexibility index (Phi) is 4.14. The summed E-state index contributed by atoms with van der Waals surface area (Å²) in [7, 11) is 0. The van der Waals surface area contributed by atoms with Gasteiger partial charge < -0.3 is 15.5 Å². The minimum atomic E-state index is -1.89. The number of halogens is 2. The van der Waals surface area contributed by atoms with Crippen molar-refractivity contribution in [3.8, 4) is 0 Å². The average Bonchev–Trinajstić information content (AvgIpc) is 2.23. The van der Waals surface area contributed by atoms with Gasteiger partial charge in [0.2, 0.25) is 0 Å². The van der Waals surface area contributed by atoms with Gasteiger partial charge in [-0.25, -0.2) is 13.6 Å². The van der Waals surface area contributed by atoms with E-state index < -0.39 is 23.2 Å². The van der Waals surface area contributed by atoms with E-state index in [0.717, 1.165) is 19.1 Å². The zero-order valence-electron chi connectivity index (χ0n) is 9.20. The maximum atomic E-state index is 12.8. The SMILES string of the molecule is CC(O)(CNCc1ccc(F)c(F)c1)C(=O)O. The van der Waals surface area contributed by atoms with Crippen molar-refractivity contribution in [2.24, 2.45) is 0 Å². The molecule has 4 nitrogen and oxygen atoms in total. The molecular weight excluding hydrogens is 232 g/mol. The maximum Gasteiger partial charge on any atom is 0.336 e. The Morgan fingerprint density at radius 3 is 2.59 bits per heavy atom. The first-order valence-electron chi connectivity index (χ1n) is 4.93. The van der Waals surface area contributed by atoms with Gasteiger partial charge in [0.15, 0.2) is 17.2 Å². The van der Waals surface area contributed by atoms with Crippen LogP contribution in [-0.2, 0) is 11.3 Å². The Hall–Kier alpha value is -1.53. The highest BCUT2D eigenvalue weighted by Gasteiger charge is 2.28. The summed E-state index contributed by atoms with van der Waals surface area (Å²) in [5.41, 5.74) is -1.43. The van der Waals surface area contributed by atoms with Crippen LogP contribution in [0.5, 0.6) is 0 Å². The molecular formula is C11H13F2NO3. The van der Waals surface area contributed by atoms with Crippen LogP contribution in [0.3, 0.4) is 0 Å². The van der Waals surface area contributed by atoms with Crippen molar-refractivity contribution in [1.29, 1.82) is 0 Å². The molecule has 1 aromatic rings. The molecule has 0 aliphatic rings. The summed E-state index contributed by atoms with van der Waals surface area (Å²) in [6.45, 7) is 1.09. The van der Waals surface area contributed by atoms with E-state index in [0.29, 0.717) is 5.56 Å². The van der Waals surface area contributed by atoms with Crippen molar-refractivity contribution in [3.05, 3.63) is 35.4 Å². The number of hydrogen-bond donors (Lipinski definition) is 3. The molecule has 0 saturated heterocycles. The molecule has 0 aromatic heterocycles. The quantitative estimate of drug-likeness (QED) is 0.720. The van der Waals surface area contributed by atoms with Crippen molar-refractivity contribution >= 4 is 5.97 Å². The lowest BCUT2D eigenvalue weighted by atomic mass is 10.1. The molecule has 1 aromatic carbocycles. The predicted octanol–water partition coefficient (Wildman–Crippen LogP) is 0.890. The molecule has 0 spiro atoms. The van der Waals surface area contributed by atoms with E-state index >= 15 is 0 Å². The highest BCUT2D eigenvalue weighted by Crippen LogP contribution is 2.09. The van der Waals surface area contributed by atoms with Crippen LogP contribution in [0.15, 0.2) is 18.2 Å². The molecule has 0 heterocycles. The summed E-state index contributed by atoms with van der Waals surface area (Å²) in [5.74, 6) is -3.25. The summed E-state index contributed by atoms with van der Waals surface area (Å²) in [6.07, 6.45) is 0. The molecule has 0 bridgehead atoms. The van der Waals surface area contributed by atoms with Gasteiger partial charge in [-0.05, 0) is 24.6 Å². The van der Waals surface area contributed by atoms with Crippen LogP contribution in [0.4, 0.5) is 8.78 Å². The van der Waals surface area contributed by atoms with Gasteiger partial charge in [0.1, 0.15) is 0 Å². The highest BCUT2D eigenvalue weighted by molar-refractivity contribution is 5.76. The van der Waals surface area contributed by atoms with Crippen LogP contribution in [0.1, 0.15) is 12.5 Å². The van der Waals surface area contributed by atoms with Gasteiger partial charge in [0.25, 0.3) is 0 Å². The van der Waals surface area contributed by atoms with E-state index in [1.807, 2.05) is 0 Å². The van der Waals surface area contributed by atoms with Gasteiger partial charge in [-0.1, -0.05) is 6.07 Å². The molecule has 0 aliphatic heterocycles. The number of hydrogen-bond acceptors (Lipinski definition) is 3. The van der Waals surface area contributed by atoms with Crippen LogP contribution in [0.25, 0.3) is 0 Å². The third-order valence-corrected chi connectivity index (χ3v) is 2.24. The third-order valence-electron chi connectivity index (χ3n) is 2.24. The molecule has 17 heavy (non-hydrogen) atoms. The number of aliphatic hydroxyl groups is 1. The second-order valence-corrected chi connectivity index (χ2v) is 3.93. The van der Waals surface area contributed by atoms with Gasteiger partial charge in [-0.3, -0.25) is 0 Å². The van der Waals surface area contributed by atoms with Crippen molar-refractivity contribution in [2.75, 3.05) is 6.54 Å². The zero-order chi connectivity index (χ0) is 13.1. The van der Waals surface area contributed by atoms with Gasteiger partial charge >= 0.3 is 5.97 Å². The lowest BCUT2D eigenvalue weighted by Crippen LogP contribution is -2.44. The van der Waals surface area contributed by atoms with Crippen molar-refractivity contribution in [2.45, 2.75) is 19.1 Å². The van der Waals surface area contributed by atoms with Crippen LogP contribution in [-0.4, -0.2) is 28.3 Å². The Balaban J connectivity index is 2.51. The van der Waals surface area contributed by atoms with Gasteiger partial charge in [0.05, 0.1) is 0 Å². The minimum Gasteiger partial charge on any atom is -0.479 e. The first-order chi connectivity index (χ1) is 7.83. The zero-order valence-corrected chi connectivity index (χ0v) is 9.20. The smallest absolute Gasteiger partial charge is 0.336 e. The average molecular weight is 245 g/mol. The molecule has 0 aliphatic carbocycles. The maximum absolute atomic E-state index is 12.8. The van der Waals surface area contributed by atoms with E-state index in [4.69, 9.17) is 5.11 Å². The van der Waals surface area contributed by atoms with Crippen LogP contribution < -0.4 is 5.32 Å². The second kappa shape index (κ2) is 5.20. The molecule has 6 heteroatoms. The second-order valence-electron chi connectivity index (χ2n) is 3.93. The molecule has 0 fully saturated rings. The summed E-state index contributed by atoms with van der Waals surface area (Å²) >= 11 is 0. The van der Waals surface area contributed by atoms with Crippen LogP contribution in [0, 0.1) is 11.6 Å². The lowest BCUT2D eigenvalue weighted by molar-refractivity contribution is -0.156. The number of nitrogens with one attached hydrogen (secondary N) is 1.